The summed E-state index contributed by atoms with van der Waals surface area (Å²) in [5, 5.41) is 0. The van der Waals surface area contributed by atoms with E-state index in [4.69, 9.17) is 9.15 Å². The molecule has 0 radical (unpaired) electrons. The fourth-order valence-corrected chi connectivity index (χ4v) is 4.96. The second-order valence-corrected chi connectivity index (χ2v) is 9.25. The number of sulfone groups is 1. The molecule has 7 nitrogen and oxygen atoms in total. The lowest BCUT2D eigenvalue weighted by Gasteiger charge is -2.28. The minimum absolute atomic E-state index is 0.0206. The van der Waals surface area contributed by atoms with Crippen molar-refractivity contribution < 1.29 is 27.2 Å². The second kappa shape index (κ2) is 8.26. The van der Waals surface area contributed by atoms with Crippen LogP contribution >= 0.6 is 15.9 Å². The number of esters is 1. The molecule has 2 aromatic rings. The number of hydrogen-bond donors (Lipinski definition) is 0. The molecule has 0 bridgehead atoms. The van der Waals surface area contributed by atoms with Crippen LogP contribution in [0.2, 0.25) is 0 Å². The topological polar surface area (TPSA) is 93.9 Å². The van der Waals surface area contributed by atoms with Gasteiger partial charge in [-0.25, -0.2) is 13.2 Å². The van der Waals surface area contributed by atoms with Gasteiger partial charge < -0.3 is 14.1 Å². The molecule has 1 fully saturated rings. The maximum Gasteiger partial charge on any atom is 0.374 e. The lowest BCUT2D eigenvalue weighted by Crippen LogP contribution is -2.42. The molecule has 1 aliphatic rings. The summed E-state index contributed by atoms with van der Waals surface area (Å²) in [5.41, 5.74) is 0.872. The standard InChI is InChI=1S/C18H18BrNO6S/c19-16-7-6-15(26-16)18(22)25-11-17(21)20(10-13-4-2-1-3-5-13)14-8-9-27(23,24)12-14/h1-7,14H,8-12H2/t14-/m1/s1. The van der Waals surface area contributed by atoms with Crippen LogP contribution < -0.4 is 0 Å². The van der Waals surface area contributed by atoms with E-state index in [0.717, 1.165) is 5.56 Å². The Morgan fingerprint density at radius 2 is 1.93 bits per heavy atom. The molecule has 1 atom stereocenters. The smallest absolute Gasteiger partial charge is 0.374 e. The highest BCUT2D eigenvalue weighted by Gasteiger charge is 2.35. The van der Waals surface area contributed by atoms with Gasteiger partial charge in [0, 0.05) is 12.6 Å². The molecule has 3 rings (SSSR count). The van der Waals surface area contributed by atoms with Crippen molar-refractivity contribution >= 4 is 37.6 Å². The van der Waals surface area contributed by atoms with Crippen molar-refractivity contribution in [3.8, 4) is 0 Å². The number of carbonyl (C=O) groups excluding carboxylic acids is 2. The monoisotopic (exact) mass is 455 g/mol. The van der Waals surface area contributed by atoms with Gasteiger partial charge in [0.15, 0.2) is 21.1 Å². The molecule has 0 aliphatic carbocycles. The first-order valence-electron chi connectivity index (χ1n) is 8.30. The zero-order valence-corrected chi connectivity index (χ0v) is 16.7. The zero-order valence-electron chi connectivity index (χ0n) is 14.3. The zero-order chi connectivity index (χ0) is 19.4. The predicted molar refractivity (Wildman–Crippen MR) is 101 cm³/mol. The molecule has 1 aromatic heterocycles. The number of amides is 1. The molecular weight excluding hydrogens is 438 g/mol. The molecule has 1 saturated heterocycles. The molecule has 1 aromatic carbocycles. The summed E-state index contributed by atoms with van der Waals surface area (Å²) in [6.07, 6.45) is 0.375. The summed E-state index contributed by atoms with van der Waals surface area (Å²) in [4.78, 5) is 26.1. The van der Waals surface area contributed by atoms with Crippen molar-refractivity contribution in [1.29, 1.82) is 0 Å². The molecule has 27 heavy (non-hydrogen) atoms. The minimum atomic E-state index is -3.16. The van der Waals surface area contributed by atoms with Crippen LogP contribution in [0.3, 0.4) is 0 Å². The number of hydrogen-bond acceptors (Lipinski definition) is 6. The fourth-order valence-electron chi connectivity index (χ4n) is 2.93. The highest BCUT2D eigenvalue weighted by Crippen LogP contribution is 2.21. The Morgan fingerprint density at radius 3 is 2.52 bits per heavy atom. The van der Waals surface area contributed by atoms with E-state index in [9.17, 15) is 18.0 Å². The van der Waals surface area contributed by atoms with Gasteiger partial charge in [-0.15, -0.1) is 0 Å². The van der Waals surface area contributed by atoms with Gasteiger partial charge in [0.1, 0.15) is 0 Å². The second-order valence-electron chi connectivity index (χ2n) is 6.24. The molecule has 2 heterocycles. The van der Waals surface area contributed by atoms with Crippen molar-refractivity contribution in [2.45, 2.75) is 19.0 Å². The number of halogens is 1. The largest absolute Gasteiger partial charge is 0.450 e. The Labute approximate surface area is 165 Å². The van der Waals surface area contributed by atoms with Crippen LogP contribution in [0.1, 0.15) is 22.5 Å². The van der Waals surface area contributed by atoms with Gasteiger partial charge in [0.05, 0.1) is 11.5 Å². The van der Waals surface area contributed by atoms with Gasteiger partial charge in [-0.2, -0.15) is 0 Å². The van der Waals surface area contributed by atoms with Gasteiger partial charge in [-0.05, 0) is 40.0 Å². The summed E-state index contributed by atoms with van der Waals surface area (Å²) < 4.78 is 34.2. The summed E-state index contributed by atoms with van der Waals surface area (Å²) in [7, 11) is -3.16. The van der Waals surface area contributed by atoms with Crippen LogP contribution in [-0.4, -0.2) is 49.3 Å². The maximum atomic E-state index is 12.7. The first kappa shape index (κ1) is 19.6. The van der Waals surface area contributed by atoms with Gasteiger partial charge in [0.25, 0.3) is 5.91 Å². The quantitative estimate of drug-likeness (QED) is 0.620. The number of benzene rings is 1. The fraction of sp³-hybridized carbons (Fsp3) is 0.333. The SMILES string of the molecule is O=C(OCC(=O)N(Cc1ccccc1)[C@@H]1CCS(=O)(=O)C1)c1ccc(Br)o1. The van der Waals surface area contributed by atoms with Crippen molar-refractivity contribution in [3.63, 3.8) is 0 Å². The Hall–Kier alpha value is -2.13. The van der Waals surface area contributed by atoms with Gasteiger partial charge >= 0.3 is 5.97 Å². The number of ether oxygens (including phenoxy) is 1. The third-order valence-corrected chi connectivity index (χ3v) is 6.44. The lowest BCUT2D eigenvalue weighted by atomic mass is 10.1. The van der Waals surface area contributed by atoms with E-state index in [1.165, 1.54) is 11.0 Å². The first-order chi connectivity index (χ1) is 12.8. The molecule has 1 aliphatic heterocycles. The van der Waals surface area contributed by atoms with E-state index >= 15 is 0 Å². The number of nitrogens with zero attached hydrogens (tertiary/aromatic N) is 1. The van der Waals surface area contributed by atoms with Crippen LogP contribution in [0.15, 0.2) is 51.6 Å². The highest BCUT2D eigenvalue weighted by molar-refractivity contribution is 9.10. The van der Waals surface area contributed by atoms with Crippen molar-refractivity contribution in [1.82, 2.24) is 4.90 Å². The van der Waals surface area contributed by atoms with Gasteiger partial charge in [-0.1, -0.05) is 30.3 Å². The lowest BCUT2D eigenvalue weighted by molar-refractivity contribution is -0.137. The van der Waals surface area contributed by atoms with Crippen LogP contribution in [0.5, 0.6) is 0 Å². The van der Waals surface area contributed by atoms with Crippen molar-refractivity contribution in [2.24, 2.45) is 0 Å². The highest BCUT2D eigenvalue weighted by atomic mass is 79.9. The minimum Gasteiger partial charge on any atom is -0.450 e. The summed E-state index contributed by atoms with van der Waals surface area (Å²) in [5.74, 6) is -1.25. The third-order valence-electron chi connectivity index (χ3n) is 4.27. The van der Waals surface area contributed by atoms with E-state index < -0.39 is 34.4 Å². The molecule has 9 heteroatoms. The molecule has 0 unspecified atom stereocenters. The van der Waals surface area contributed by atoms with Crippen LogP contribution in [0, 0.1) is 0 Å². The van der Waals surface area contributed by atoms with Crippen LogP contribution in [0.25, 0.3) is 0 Å². The Kier molecular flexibility index (Phi) is 6.01. The maximum absolute atomic E-state index is 12.7. The molecule has 0 saturated carbocycles. The van der Waals surface area contributed by atoms with Crippen LogP contribution in [0.4, 0.5) is 0 Å². The van der Waals surface area contributed by atoms with Crippen molar-refractivity contribution in [3.05, 3.63) is 58.5 Å². The predicted octanol–water partition coefficient (Wildman–Crippen LogP) is 2.41. The molecule has 1 amide bonds. The van der Waals surface area contributed by atoms with E-state index in [1.54, 1.807) is 6.07 Å². The number of furan rings is 1. The third kappa shape index (κ3) is 5.20. The summed E-state index contributed by atoms with van der Waals surface area (Å²) in [6.45, 7) is -0.232. The Bertz CT molecular complexity index is 924. The average Bonchev–Trinajstić information content (AvgIpc) is 3.23. The van der Waals surface area contributed by atoms with E-state index in [2.05, 4.69) is 15.9 Å². The molecular formula is C18H18BrNO6S. The van der Waals surface area contributed by atoms with Crippen molar-refractivity contribution in [2.75, 3.05) is 18.1 Å². The van der Waals surface area contributed by atoms with E-state index in [-0.39, 0.29) is 23.8 Å². The van der Waals surface area contributed by atoms with E-state index in [1.807, 2.05) is 30.3 Å². The molecule has 144 valence electrons. The van der Waals surface area contributed by atoms with Gasteiger partial charge in [0.2, 0.25) is 5.76 Å². The number of carbonyl (C=O) groups is 2. The van der Waals surface area contributed by atoms with Crippen LogP contribution in [-0.2, 0) is 25.9 Å². The summed E-state index contributed by atoms with van der Waals surface area (Å²) >= 11 is 3.09. The normalized spacial score (nSPS) is 18.2. The first-order valence-corrected chi connectivity index (χ1v) is 10.9. The average molecular weight is 456 g/mol. The molecule has 0 N–H and O–H groups in total. The van der Waals surface area contributed by atoms with E-state index in [0.29, 0.717) is 11.1 Å². The number of rotatable bonds is 6. The summed E-state index contributed by atoms with van der Waals surface area (Å²) in [6, 6.07) is 11.8. The Morgan fingerprint density at radius 1 is 1.19 bits per heavy atom. The Balaban J connectivity index is 1.69. The molecule has 0 spiro atoms. The van der Waals surface area contributed by atoms with Gasteiger partial charge in [-0.3, -0.25) is 4.79 Å².